The number of rotatable bonds is 6. The van der Waals surface area contributed by atoms with Gasteiger partial charge in [-0.15, -0.1) is 0 Å². The molecule has 1 amide bonds. The molecule has 0 aliphatic carbocycles. The van der Waals surface area contributed by atoms with Crippen molar-refractivity contribution in [2.24, 2.45) is 0 Å². The largest absolute Gasteiger partial charge is 0.340 e. The van der Waals surface area contributed by atoms with E-state index >= 15 is 0 Å². The number of nitrogens with one attached hydrogen (secondary N) is 3. The van der Waals surface area contributed by atoms with Gasteiger partial charge in [0.15, 0.2) is 5.78 Å². The van der Waals surface area contributed by atoms with E-state index < -0.39 is 0 Å². The second kappa shape index (κ2) is 8.30. The summed E-state index contributed by atoms with van der Waals surface area (Å²) in [5, 5.41) is 9.17. The van der Waals surface area contributed by atoms with E-state index in [1.54, 1.807) is 18.2 Å². The summed E-state index contributed by atoms with van der Waals surface area (Å²) in [6, 6.07) is 16.4. The fraction of sp³-hybridized carbons (Fsp3) is 0.143. The third-order valence-corrected chi connectivity index (χ3v) is 3.88. The first-order chi connectivity index (χ1) is 13.4. The molecule has 0 aliphatic heterocycles. The van der Waals surface area contributed by atoms with Crippen LogP contribution in [0.2, 0.25) is 0 Å². The Kier molecular flexibility index (Phi) is 5.64. The summed E-state index contributed by atoms with van der Waals surface area (Å²) in [4.78, 5) is 31.3. The molecule has 3 aromatic rings. The fourth-order valence-corrected chi connectivity index (χ4v) is 2.62. The summed E-state index contributed by atoms with van der Waals surface area (Å²) in [7, 11) is 0. The van der Waals surface area contributed by atoms with Crippen molar-refractivity contribution < 1.29 is 9.59 Å². The van der Waals surface area contributed by atoms with E-state index in [-0.39, 0.29) is 11.7 Å². The summed E-state index contributed by atoms with van der Waals surface area (Å²) in [6.45, 7) is 4.82. The van der Waals surface area contributed by atoms with E-state index in [1.807, 2.05) is 43.3 Å². The second-order valence-corrected chi connectivity index (χ2v) is 6.33. The Morgan fingerprint density at radius 3 is 1.68 bits per heavy atom. The van der Waals surface area contributed by atoms with Gasteiger partial charge in [-0.2, -0.15) is 0 Å². The van der Waals surface area contributed by atoms with Crippen molar-refractivity contribution >= 4 is 40.4 Å². The van der Waals surface area contributed by atoms with E-state index in [9.17, 15) is 9.59 Å². The number of hydrogen-bond donors (Lipinski definition) is 3. The molecule has 1 heterocycles. The van der Waals surface area contributed by atoms with Gasteiger partial charge >= 0.3 is 0 Å². The first-order valence-electron chi connectivity index (χ1n) is 8.77. The molecule has 1 aromatic heterocycles. The van der Waals surface area contributed by atoms with E-state index in [0.717, 1.165) is 17.1 Å². The number of carbonyl (C=O) groups is 2. The molecule has 0 fully saturated rings. The summed E-state index contributed by atoms with van der Waals surface area (Å²) in [5.74, 6) is 1.81. The molecule has 0 bridgehead atoms. The number of hydrogen-bond acceptors (Lipinski definition) is 6. The number of carbonyl (C=O) groups excluding carboxylic acids is 2. The number of anilines is 5. The van der Waals surface area contributed by atoms with E-state index in [2.05, 4.69) is 25.9 Å². The molecule has 3 N–H and O–H groups in total. The van der Waals surface area contributed by atoms with Gasteiger partial charge in [0.25, 0.3) is 0 Å². The molecule has 0 spiro atoms. The first-order valence-corrected chi connectivity index (χ1v) is 8.77. The highest BCUT2D eigenvalue weighted by atomic mass is 16.1. The minimum Gasteiger partial charge on any atom is -0.340 e. The van der Waals surface area contributed by atoms with Gasteiger partial charge in [-0.1, -0.05) is 0 Å². The summed E-state index contributed by atoms with van der Waals surface area (Å²) < 4.78 is 0. The number of Topliss-reactive ketones (excluding diaryl/α,β-unsaturated/α-hetero) is 1. The predicted octanol–water partition coefficient (Wildman–Crippen LogP) is 4.43. The minimum absolute atomic E-state index is 0.0282. The number of aromatic nitrogens is 2. The topological polar surface area (TPSA) is 96.0 Å². The third-order valence-electron chi connectivity index (χ3n) is 3.88. The van der Waals surface area contributed by atoms with E-state index in [4.69, 9.17) is 0 Å². The maximum atomic E-state index is 11.4. The van der Waals surface area contributed by atoms with Gasteiger partial charge < -0.3 is 16.0 Å². The zero-order chi connectivity index (χ0) is 20.1. The van der Waals surface area contributed by atoms with Crippen molar-refractivity contribution in [1.82, 2.24) is 9.97 Å². The Morgan fingerprint density at radius 2 is 1.21 bits per heavy atom. The maximum absolute atomic E-state index is 11.4. The normalized spacial score (nSPS) is 10.2. The molecule has 0 radical (unpaired) electrons. The molecule has 7 nitrogen and oxygen atoms in total. The lowest BCUT2D eigenvalue weighted by Crippen LogP contribution is -2.05. The molecule has 7 heteroatoms. The zero-order valence-corrected chi connectivity index (χ0v) is 15.9. The average Bonchev–Trinajstić information content (AvgIpc) is 2.63. The Balaban J connectivity index is 1.73. The fourth-order valence-electron chi connectivity index (χ4n) is 2.62. The number of aryl methyl sites for hydroxylation is 1. The van der Waals surface area contributed by atoms with Crippen LogP contribution in [-0.2, 0) is 4.79 Å². The Hall–Kier alpha value is -3.74. The quantitative estimate of drug-likeness (QED) is 0.552. The Morgan fingerprint density at radius 1 is 0.750 bits per heavy atom. The Bertz CT molecular complexity index is 998. The van der Waals surface area contributed by atoms with Crippen LogP contribution >= 0.6 is 0 Å². The molecule has 0 unspecified atom stereocenters. The van der Waals surface area contributed by atoms with Crippen LogP contribution in [0.4, 0.5) is 28.7 Å². The maximum Gasteiger partial charge on any atom is 0.221 e. The highest BCUT2D eigenvalue weighted by Gasteiger charge is 2.05. The van der Waals surface area contributed by atoms with E-state index in [0.29, 0.717) is 23.0 Å². The average molecular weight is 375 g/mol. The standard InChI is InChI=1S/C21H21N5O2/c1-13(27)16-4-6-18(7-5-16)25-20-12-21(23-14(2)22-20)26-19-10-8-17(9-11-19)24-15(3)28/h4-12H,1-3H3,(H,24,28)(H2,22,23,25,26). The third kappa shape index (κ3) is 5.14. The molecule has 0 aliphatic rings. The SMILES string of the molecule is CC(=O)Nc1ccc(Nc2cc(Nc3ccc(C(C)=O)cc3)nc(C)n2)cc1. The summed E-state index contributed by atoms with van der Waals surface area (Å²) in [5.41, 5.74) is 3.06. The van der Waals surface area contributed by atoms with Crippen LogP contribution < -0.4 is 16.0 Å². The van der Waals surface area contributed by atoms with Crippen LogP contribution in [0, 0.1) is 6.92 Å². The predicted molar refractivity (Wildman–Crippen MR) is 111 cm³/mol. The van der Waals surface area contributed by atoms with Crippen LogP contribution in [0.1, 0.15) is 30.0 Å². The molecular weight excluding hydrogens is 354 g/mol. The van der Waals surface area contributed by atoms with Gasteiger partial charge in [-0.05, 0) is 62.4 Å². The van der Waals surface area contributed by atoms with Crippen molar-refractivity contribution in [3.05, 3.63) is 66.0 Å². The van der Waals surface area contributed by atoms with Crippen LogP contribution in [0.3, 0.4) is 0 Å². The number of nitrogens with zero attached hydrogens (tertiary/aromatic N) is 2. The van der Waals surface area contributed by atoms with Crippen molar-refractivity contribution in [2.45, 2.75) is 20.8 Å². The van der Waals surface area contributed by atoms with Crippen molar-refractivity contribution in [3.63, 3.8) is 0 Å². The van der Waals surface area contributed by atoms with Gasteiger partial charge in [0, 0.05) is 35.6 Å². The number of benzene rings is 2. The minimum atomic E-state index is -0.112. The summed E-state index contributed by atoms with van der Waals surface area (Å²) >= 11 is 0. The van der Waals surface area contributed by atoms with Gasteiger partial charge in [0.2, 0.25) is 5.91 Å². The van der Waals surface area contributed by atoms with Crippen molar-refractivity contribution in [1.29, 1.82) is 0 Å². The highest BCUT2D eigenvalue weighted by Crippen LogP contribution is 2.22. The van der Waals surface area contributed by atoms with E-state index in [1.165, 1.54) is 13.8 Å². The van der Waals surface area contributed by atoms with Crippen LogP contribution in [0.15, 0.2) is 54.6 Å². The van der Waals surface area contributed by atoms with Gasteiger partial charge in [0.1, 0.15) is 17.5 Å². The van der Waals surface area contributed by atoms with Crippen molar-refractivity contribution in [2.75, 3.05) is 16.0 Å². The lowest BCUT2D eigenvalue weighted by atomic mass is 10.1. The van der Waals surface area contributed by atoms with Gasteiger partial charge in [0.05, 0.1) is 0 Å². The Labute approximate surface area is 163 Å². The molecule has 28 heavy (non-hydrogen) atoms. The monoisotopic (exact) mass is 375 g/mol. The number of ketones is 1. The van der Waals surface area contributed by atoms with Gasteiger partial charge in [-0.25, -0.2) is 9.97 Å². The summed E-state index contributed by atoms with van der Waals surface area (Å²) in [6.07, 6.45) is 0. The first kappa shape index (κ1) is 19.0. The molecule has 0 saturated heterocycles. The smallest absolute Gasteiger partial charge is 0.221 e. The number of amides is 1. The molecule has 0 atom stereocenters. The van der Waals surface area contributed by atoms with Crippen molar-refractivity contribution in [3.8, 4) is 0 Å². The van der Waals surface area contributed by atoms with Crippen LogP contribution in [-0.4, -0.2) is 21.7 Å². The highest BCUT2D eigenvalue weighted by molar-refractivity contribution is 5.94. The second-order valence-electron chi connectivity index (χ2n) is 6.33. The molecule has 0 saturated carbocycles. The molecule has 3 rings (SSSR count). The van der Waals surface area contributed by atoms with Crippen LogP contribution in [0.5, 0.6) is 0 Å². The van der Waals surface area contributed by atoms with Crippen LogP contribution in [0.25, 0.3) is 0 Å². The molecular formula is C21H21N5O2. The molecule has 2 aromatic carbocycles. The van der Waals surface area contributed by atoms with Gasteiger partial charge in [-0.3, -0.25) is 9.59 Å². The zero-order valence-electron chi connectivity index (χ0n) is 15.9. The lowest BCUT2D eigenvalue weighted by molar-refractivity contribution is -0.114. The molecule has 142 valence electrons. The lowest BCUT2D eigenvalue weighted by Gasteiger charge is -2.11.